The number of rotatable bonds is 4. The molecule has 2 aromatic heterocycles. The lowest BCUT2D eigenvalue weighted by Gasteiger charge is -2.20. The number of aromatic nitrogens is 2. The summed E-state index contributed by atoms with van der Waals surface area (Å²) in [5.41, 5.74) is 4.25. The van der Waals surface area contributed by atoms with Crippen LogP contribution in [0.5, 0.6) is 0 Å². The number of hydrogen-bond donors (Lipinski definition) is 1. The molecular weight excluding hydrogens is 294 g/mol. The summed E-state index contributed by atoms with van der Waals surface area (Å²) in [5.74, 6) is 0. The zero-order valence-corrected chi connectivity index (χ0v) is 13.0. The van der Waals surface area contributed by atoms with E-state index in [4.69, 9.17) is 11.6 Å². The average Bonchev–Trinajstić information content (AvgIpc) is 2.53. The minimum atomic E-state index is -0.0421. The highest BCUT2D eigenvalue weighted by molar-refractivity contribution is 6.29. The van der Waals surface area contributed by atoms with E-state index in [1.165, 1.54) is 5.56 Å². The molecule has 3 aromatic rings. The molecule has 0 aliphatic heterocycles. The van der Waals surface area contributed by atoms with Crippen LogP contribution in [0.1, 0.15) is 22.9 Å². The number of benzene rings is 1. The number of halogens is 1. The van der Waals surface area contributed by atoms with Gasteiger partial charge in [0.25, 0.3) is 0 Å². The molecule has 1 N–H and O–H groups in total. The van der Waals surface area contributed by atoms with Crippen molar-refractivity contribution in [3.63, 3.8) is 0 Å². The van der Waals surface area contributed by atoms with Crippen LogP contribution in [0.2, 0.25) is 5.15 Å². The molecule has 1 aromatic carbocycles. The fourth-order valence-corrected chi connectivity index (χ4v) is 2.56. The molecule has 0 saturated heterocycles. The van der Waals surface area contributed by atoms with E-state index >= 15 is 0 Å². The van der Waals surface area contributed by atoms with E-state index in [0.29, 0.717) is 5.15 Å². The summed E-state index contributed by atoms with van der Waals surface area (Å²) < 4.78 is 0. The van der Waals surface area contributed by atoms with E-state index in [0.717, 1.165) is 16.9 Å². The molecule has 2 heterocycles. The van der Waals surface area contributed by atoms with E-state index in [2.05, 4.69) is 46.5 Å². The Bertz CT molecular complexity index is 759. The SMILES string of the molecule is Cc1cccc(C(Nc2ccnc(Cl)c2)c2ccccn2)c1. The highest BCUT2D eigenvalue weighted by Gasteiger charge is 2.15. The summed E-state index contributed by atoms with van der Waals surface area (Å²) in [7, 11) is 0. The van der Waals surface area contributed by atoms with Gasteiger partial charge in [-0.3, -0.25) is 4.98 Å². The highest BCUT2D eigenvalue weighted by Crippen LogP contribution is 2.26. The van der Waals surface area contributed by atoms with Gasteiger partial charge in [0, 0.05) is 18.1 Å². The molecule has 0 aliphatic rings. The van der Waals surface area contributed by atoms with Gasteiger partial charge in [-0.2, -0.15) is 0 Å². The van der Waals surface area contributed by atoms with Crippen molar-refractivity contribution in [2.24, 2.45) is 0 Å². The topological polar surface area (TPSA) is 37.8 Å². The Morgan fingerprint density at radius 3 is 2.59 bits per heavy atom. The van der Waals surface area contributed by atoms with Gasteiger partial charge in [0.1, 0.15) is 5.15 Å². The Hall–Kier alpha value is -2.39. The average molecular weight is 310 g/mol. The third kappa shape index (κ3) is 3.43. The first-order valence-corrected chi connectivity index (χ1v) is 7.46. The van der Waals surface area contributed by atoms with Crippen molar-refractivity contribution in [3.8, 4) is 0 Å². The van der Waals surface area contributed by atoms with Gasteiger partial charge >= 0.3 is 0 Å². The number of hydrogen-bond acceptors (Lipinski definition) is 3. The number of nitrogens with one attached hydrogen (secondary N) is 1. The molecule has 0 saturated carbocycles. The molecule has 0 fully saturated rings. The van der Waals surface area contributed by atoms with Gasteiger partial charge < -0.3 is 5.32 Å². The van der Waals surface area contributed by atoms with Gasteiger partial charge in [0.05, 0.1) is 11.7 Å². The second kappa shape index (κ2) is 6.58. The van der Waals surface area contributed by atoms with E-state index in [9.17, 15) is 0 Å². The van der Waals surface area contributed by atoms with E-state index in [1.807, 2.05) is 30.3 Å². The zero-order chi connectivity index (χ0) is 15.4. The Morgan fingerprint density at radius 2 is 1.86 bits per heavy atom. The Balaban J connectivity index is 2.00. The van der Waals surface area contributed by atoms with Crippen molar-refractivity contribution in [3.05, 3.63) is 89.0 Å². The van der Waals surface area contributed by atoms with Gasteiger partial charge in [-0.05, 0) is 36.8 Å². The van der Waals surface area contributed by atoms with Gasteiger partial charge in [-0.25, -0.2) is 4.98 Å². The number of aryl methyl sites for hydroxylation is 1. The monoisotopic (exact) mass is 309 g/mol. The van der Waals surface area contributed by atoms with Gasteiger partial charge in [0.2, 0.25) is 0 Å². The van der Waals surface area contributed by atoms with E-state index in [1.54, 1.807) is 12.4 Å². The second-order valence-corrected chi connectivity index (χ2v) is 5.50. The first kappa shape index (κ1) is 14.5. The number of pyridine rings is 2. The quantitative estimate of drug-likeness (QED) is 0.713. The van der Waals surface area contributed by atoms with Crippen LogP contribution >= 0.6 is 11.6 Å². The molecule has 3 rings (SSSR count). The minimum Gasteiger partial charge on any atom is -0.373 e. The summed E-state index contributed by atoms with van der Waals surface area (Å²) in [6, 6.07) is 18.0. The summed E-state index contributed by atoms with van der Waals surface area (Å²) in [5, 5.41) is 3.96. The lowest BCUT2D eigenvalue weighted by atomic mass is 10.0. The molecule has 3 nitrogen and oxygen atoms in total. The standard InChI is InChI=1S/C18H16ClN3/c1-13-5-4-6-14(11-13)18(16-7-2-3-9-20-16)22-15-8-10-21-17(19)12-15/h2-12,18H,1H3,(H,21,22). The number of nitrogens with zero attached hydrogens (tertiary/aromatic N) is 2. The molecular formula is C18H16ClN3. The third-order valence-electron chi connectivity index (χ3n) is 3.40. The molecule has 0 bridgehead atoms. The zero-order valence-electron chi connectivity index (χ0n) is 12.2. The Morgan fingerprint density at radius 1 is 0.955 bits per heavy atom. The molecule has 1 unspecified atom stereocenters. The largest absolute Gasteiger partial charge is 0.373 e. The van der Waals surface area contributed by atoms with Crippen molar-refractivity contribution in [2.45, 2.75) is 13.0 Å². The predicted octanol–water partition coefficient (Wildman–Crippen LogP) is 4.64. The first-order chi connectivity index (χ1) is 10.7. The fraction of sp³-hybridized carbons (Fsp3) is 0.111. The molecule has 0 amide bonds. The van der Waals surface area contributed by atoms with Crippen LogP contribution < -0.4 is 5.32 Å². The van der Waals surface area contributed by atoms with Crippen LogP contribution in [-0.2, 0) is 0 Å². The fourth-order valence-electron chi connectivity index (χ4n) is 2.38. The summed E-state index contributed by atoms with van der Waals surface area (Å²) >= 11 is 5.98. The molecule has 0 spiro atoms. The second-order valence-electron chi connectivity index (χ2n) is 5.11. The maximum atomic E-state index is 5.98. The first-order valence-electron chi connectivity index (χ1n) is 7.08. The van der Waals surface area contributed by atoms with Gasteiger partial charge in [-0.15, -0.1) is 0 Å². The van der Waals surface area contributed by atoms with Gasteiger partial charge in [-0.1, -0.05) is 47.5 Å². The van der Waals surface area contributed by atoms with Crippen LogP contribution in [0, 0.1) is 6.92 Å². The van der Waals surface area contributed by atoms with Crippen LogP contribution in [-0.4, -0.2) is 9.97 Å². The van der Waals surface area contributed by atoms with E-state index < -0.39 is 0 Å². The lowest BCUT2D eigenvalue weighted by Crippen LogP contribution is -2.14. The van der Waals surface area contributed by atoms with E-state index in [-0.39, 0.29) is 6.04 Å². The smallest absolute Gasteiger partial charge is 0.131 e. The molecule has 0 radical (unpaired) electrons. The Kier molecular flexibility index (Phi) is 4.35. The van der Waals surface area contributed by atoms with Crippen molar-refractivity contribution in [1.29, 1.82) is 0 Å². The predicted molar refractivity (Wildman–Crippen MR) is 90.1 cm³/mol. The maximum Gasteiger partial charge on any atom is 0.131 e. The molecule has 22 heavy (non-hydrogen) atoms. The van der Waals surface area contributed by atoms with Crippen molar-refractivity contribution >= 4 is 17.3 Å². The highest BCUT2D eigenvalue weighted by atomic mass is 35.5. The van der Waals surface area contributed by atoms with Crippen molar-refractivity contribution < 1.29 is 0 Å². The van der Waals surface area contributed by atoms with Crippen LogP contribution in [0.4, 0.5) is 5.69 Å². The lowest BCUT2D eigenvalue weighted by molar-refractivity contribution is 0.885. The summed E-state index contributed by atoms with van der Waals surface area (Å²) in [6.07, 6.45) is 3.50. The molecule has 110 valence electrons. The number of anilines is 1. The normalized spacial score (nSPS) is 11.9. The third-order valence-corrected chi connectivity index (χ3v) is 3.60. The van der Waals surface area contributed by atoms with Crippen molar-refractivity contribution in [2.75, 3.05) is 5.32 Å². The molecule has 0 aliphatic carbocycles. The van der Waals surface area contributed by atoms with Crippen molar-refractivity contribution in [1.82, 2.24) is 9.97 Å². The van der Waals surface area contributed by atoms with Gasteiger partial charge in [0.15, 0.2) is 0 Å². The summed E-state index contributed by atoms with van der Waals surface area (Å²) in [4.78, 5) is 8.51. The van der Waals surface area contributed by atoms with Crippen LogP contribution in [0.25, 0.3) is 0 Å². The van der Waals surface area contributed by atoms with Crippen LogP contribution in [0.15, 0.2) is 67.0 Å². The van der Waals surface area contributed by atoms with Crippen LogP contribution in [0.3, 0.4) is 0 Å². The maximum absolute atomic E-state index is 5.98. The summed E-state index contributed by atoms with van der Waals surface area (Å²) in [6.45, 7) is 2.09. The molecule has 1 atom stereocenters. The minimum absolute atomic E-state index is 0.0421. The molecule has 4 heteroatoms. The Labute approximate surface area is 135 Å².